The molecule has 0 saturated carbocycles. The lowest BCUT2D eigenvalue weighted by Gasteiger charge is -2.21. The summed E-state index contributed by atoms with van der Waals surface area (Å²) in [5, 5.41) is 7.03. The summed E-state index contributed by atoms with van der Waals surface area (Å²) >= 11 is 0. The van der Waals surface area contributed by atoms with Crippen molar-refractivity contribution >= 4 is 5.91 Å². The molecule has 1 aromatic carbocycles. The van der Waals surface area contributed by atoms with E-state index < -0.39 is 0 Å². The van der Waals surface area contributed by atoms with Crippen LogP contribution in [0.2, 0.25) is 0 Å². The lowest BCUT2D eigenvalue weighted by atomic mass is 10.2. The Bertz CT molecular complexity index is 596. The molecule has 0 fully saturated rings. The van der Waals surface area contributed by atoms with E-state index in [0.29, 0.717) is 19.7 Å². The quantitative estimate of drug-likeness (QED) is 0.731. The summed E-state index contributed by atoms with van der Waals surface area (Å²) in [7, 11) is 0. The van der Waals surface area contributed by atoms with Gasteiger partial charge in [-0.15, -0.1) is 0 Å². The molecule has 0 spiro atoms. The fourth-order valence-electron chi connectivity index (χ4n) is 1.88. The molecule has 1 heterocycles. The van der Waals surface area contributed by atoms with Crippen LogP contribution in [-0.4, -0.2) is 34.3 Å². The Morgan fingerprint density at radius 2 is 2.29 bits per heavy atom. The summed E-state index contributed by atoms with van der Waals surface area (Å²) in [5.74, 6) is 0.513. The number of hydrogen-bond donors (Lipinski definition) is 0. The van der Waals surface area contributed by atoms with Crippen LogP contribution in [0.5, 0.6) is 5.75 Å². The van der Waals surface area contributed by atoms with Crippen LogP contribution in [0.3, 0.4) is 0 Å². The second-order valence-electron chi connectivity index (χ2n) is 4.32. The largest absolute Gasteiger partial charge is 0.489 e. The molecule has 0 unspecified atom stereocenters. The predicted molar refractivity (Wildman–Crippen MR) is 76.8 cm³/mol. The Balaban J connectivity index is 2.15. The molecule has 21 heavy (non-hydrogen) atoms. The lowest BCUT2D eigenvalue weighted by molar-refractivity contribution is 0.0740. The Morgan fingerprint density at radius 3 is 2.95 bits per heavy atom. The maximum absolute atomic E-state index is 12.3. The molecule has 2 rings (SSSR count). The molecule has 1 aromatic heterocycles. The number of amides is 1. The normalized spacial score (nSPS) is 10.1. The highest BCUT2D eigenvalue weighted by Gasteiger charge is 2.19. The van der Waals surface area contributed by atoms with E-state index in [4.69, 9.17) is 4.74 Å². The molecule has 0 atom stereocenters. The van der Waals surface area contributed by atoms with Crippen molar-refractivity contribution in [3.8, 4) is 5.75 Å². The van der Waals surface area contributed by atoms with E-state index in [1.807, 2.05) is 31.2 Å². The Morgan fingerprint density at radius 1 is 1.48 bits per heavy atom. The maximum atomic E-state index is 12.3. The van der Waals surface area contributed by atoms with Gasteiger partial charge in [-0.2, -0.15) is 0 Å². The van der Waals surface area contributed by atoms with Gasteiger partial charge in [-0.3, -0.25) is 4.79 Å². The van der Waals surface area contributed by atoms with Crippen molar-refractivity contribution in [3.63, 3.8) is 0 Å². The first-order valence-corrected chi connectivity index (χ1v) is 6.64. The standard InChI is InChI=1S/C15H17N3O3/c1-3-9-20-14-8-6-5-7-12(14)11-18(4-2)15(19)13-10-16-21-17-13/h3,5-8,10H,1,4,9,11H2,2H3. The number of benzene rings is 1. The molecular formula is C15H17N3O3. The average molecular weight is 287 g/mol. The van der Waals surface area contributed by atoms with Gasteiger partial charge >= 0.3 is 0 Å². The van der Waals surface area contributed by atoms with Crippen molar-refractivity contribution in [2.45, 2.75) is 13.5 Å². The molecule has 0 bridgehead atoms. The van der Waals surface area contributed by atoms with E-state index in [1.165, 1.54) is 6.20 Å². The molecular weight excluding hydrogens is 270 g/mol. The zero-order valence-corrected chi connectivity index (χ0v) is 11.9. The van der Waals surface area contributed by atoms with Crippen LogP contribution in [0.4, 0.5) is 0 Å². The highest BCUT2D eigenvalue weighted by atomic mass is 16.6. The van der Waals surface area contributed by atoms with Gasteiger partial charge in [0, 0.05) is 18.7 Å². The number of aromatic nitrogens is 2. The maximum Gasteiger partial charge on any atom is 0.278 e. The molecule has 0 aliphatic heterocycles. The minimum atomic E-state index is -0.225. The molecule has 1 amide bonds. The number of carbonyl (C=O) groups is 1. The molecule has 110 valence electrons. The van der Waals surface area contributed by atoms with E-state index in [1.54, 1.807) is 11.0 Å². The fourth-order valence-corrected chi connectivity index (χ4v) is 1.88. The van der Waals surface area contributed by atoms with Crippen molar-refractivity contribution in [2.24, 2.45) is 0 Å². The molecule has 0 N–H and O–H groups in total. The zero-order valence-electron chi connectivity index (χ0n) is 11.9. The molecule has 0 radical (unpaired) electrons. The van der Waals surface area contributed by atoms with Gasteiger partial charge in [0.25, 0.3) is 5.91 Å². The molecule has 0 aliphatic rings. The van der Waals surface area contributed by atoms with Gasteiger partial charge in [-0.25, -0.2) is 4.63 Å². The van der Waals surface area contributed by atoms with Gasteiger partial charge in [0.05, 0.1) is 0 Å². The summed E-state index contributed by atoms with van der Waals surface area (Å²) in [6.07, 6.45) is 2.99. The SMILES string of the molecule is C=CCOc1ccccc1CN(CC)C(=O)c1cnon1. The third-order valence-electron chi connectivity index (χ3n) is 2.94. The van der Waals surface area contributed by atoms with E-state index >= 15 is 0 Å². The number of carbonyl (C=O) groups excluding carboxylic acids is 1. The van der Waals surface area contributed by atoms with Gasteiger partial charge < -0.3 is 9.64 Å². The minimum Gasteiger partial charge on any atom is -0.489 e. The predicted octanol–water partition coefficient (Wildman–Crippen LogP) is 2.30. The first kappa shape index (κ1) is 14.8. The smallest absolute Gasteiger partial charge is 0.278 e. The van der Waals surface area contributed by atoms with Crippen LogP contribution in [0.25, 0.3) is 0 Å². The Kier molecular flexibility index (Phi) is 5.09. The Hall–Kier alpha value is -2.63. The summed E-state index contributed by atoms with van der Waals surface area (Å²) < 4.78 is 10.1. The van der Waals surface area contributed by atoms with Crippen molar-refractivity contribution < 1.29 is 14.2 Å². The first-order chi connectivity index (χ1) is 10.3. The van der Waals surface area contributed by atoms with E-state index in [-0.39, 0.29) is 11.6 Å². The topological polar surface area (TPSA) is 68.5 Å². The Labute approximate surface area is 123 Å². The third-order valence-corrected chi connectivity index (χ3v) is 2.94. The summed E-state index contributed by atoms with van der Waals surface area (Å²) in [6.45, 7) is 6.92. The summed E-state index contributed by atoms with van der Waals surface area (Å²) in [5.41, 5.74) is 1.12. The summed E-state index contributed by atoms with van der Waals surface area (Å²) in [4.78, 5) is 13.9. The van der Waals surface area contributed by atoms with Crippen LogP contribution in [0.15, 0.2) is 47.7 Å². The molecule has 2 aromatic rings. The highest BCUT2D eigenvalue weighted by molar-refractivity contribution is 5.91. The second-order valence-corrected chi connectivity index (χ2v) is 4.32. The number of para-hydroxylation sites is 1. The lowest BCUT2D eigenvalue weighted by Crippen LogP contribution is -2.30. The number of nitrogens with zero attached hydrogens (tertiary/aromatic N) is 3. The zero-order chi connectivity index (χ0) is 15.1. The molecule has 6 heteroatoms. The minimum absolute atomic E-state index is 0.196. The van der Waals surface area contributed by atoms with Crippen LogP contribution >= 0.6 is 0 Å². The van der Waals surface area contributed by atoms with Gasteiger partial charge in [-0.1, -0.05) is 36.0 Å². The van der Waals surface area contributed by atoms with Crippen LogP contribution < -0.4 is 4.74 Å². The van der Waals surface area contributed by atoms with E-state index in [0.717, 1.165) is 11.3 Å². The van der Waals surface area contributed by atoms with Crippen LogP contribution in [-0.2, 0) is 6.54 Å². The van der Waals surface area contributed by atoms with Crippen molar-refractivity contribution in [1.82, 2.24) is 15.2 Å². The van der Waals surface area contributed by atoms with Gasteiger partial charge in [0.15, 0.2) is 5.69 Å². The highest BCUT2D eigenvalue weighted by Crippen LogP contribution is 2.20. The average Bonchev–Trinajstić information content (AvgIpc) is 3.05. The van der Waals surface area contributed by atoms with Crippen molar-refractivity contribution in [1.29, 1.82) is 0 Å². The van der Waals surface area contributed by atoms with Gasteiger partial charge in [-0.05, 0) is 18.1 Å². The van der Waals surface area contributed by atoms with Gasteiger partial charge in [0.2, 0.25) is 0 Å². The number of rotatable bonds is 7. The third kappa shape index (κ3) is 3.68. The van der Waals surface area contributed by atoms with E-state index in [2.05, 4.69) is 21.5 Å². The van der Waals surface area contributed by atoms with Crippen molar-refractivity contribution in [2.75, 3.05) is 13.2 Å². The first-order valence-electron chi connectivity index (χ1n) is 6.64. The van der Waals surface area contributed by atoms with Crippen LogP contribution in [0, 0.1) is 0 Å². The molecule has 0 aliphatic carbocycles. The fraction of sp³-hybridized carbons (Fsp3) is 0.267. The number of hydrogen-bond acceptors (Lipinski definition) is 5. The van der Waals surface area contributed by atoms with Crippen LogP contribution in [0.1, 0.15) is 23.0 Å². The molecule has 0 saturated heterocycles. The van der Waals surface area contributed by atoms with E-state index in [9.17, 15) is 4.79 Å². The summed E-state index contributed by atoms with van der Waals surface area (Å²) in [6, 6.07) is 7.60. The monoisotopic (exact) mass is 287 g/mol. The van der Waals surface area contributed by atoms with Crippen molar-refractivity contribution in [3.05, 3.63) is 54.4 Å². The van der Waals surface area contributed by atoms with Gasteiger partial charge in [0.1, 0.15) is 18.6 Å². The number of ether oxygens (including phenoxy) is 1. The second kappa shape index (κ2) is 7.23. The molecule has 6 nitrogen and oxygen atoms in total.